The summed E-state index contributed by atoms with van der Waals surface area (Å²) in [4.78, 5) is 18.9. The summed E-state index contributed by atoms with van der Waals surface area (Å²) in [6.07, 6.45) is 7.37. The van der Waals surface area contributed by atoms with Gasteiger partial charge in [0.2, 0.25) is 5.91 Å². The lowest BCUT2D eigenvalue weighted by Crippen LogP contribution is -2.45. The maximum atomic E-state index is 12.5. The molecule has 2 fully saturated rings. The Morgan fingerprint density at radius 1 is 1.17 bits per heavy atom. The molecule has 4 rings (SSSR count). The van der Waals surface area contributed by atoms with Gasteiger partial charge < -0.3 is 14.8 Å². The predicted octanol–water partition coefficient (Wildman–Crippen LogP) is 2.42. The summed E-state index contributed by atoms with van der Waals surface area (Å²) in [5.74, 6) is 1.20. The zero-order valence-electron chi connectivity index (χ0n) is 14.2. The van der Waals surface area contributed by atoms with Gasteiger partial charge >= 0.3 is 0 Å². The maximum Gasteiger partial charge on any atom is 0.224 e. The summed E-state index contributed by atoms with van der Waals surface area (Å²) in [6, 6.07) is 8.68. The van der Waals surface area contributed by atoms with Crippen molar-refractivity contribution in [2.75, 3.05) is 19.6 Å². The molecule has 24 heavy (non-hydrogen) atoms. The highest BCUT2D eigenvalue weighted by Crippen LogP contribution is 2.28. The lowest BCUT2D eigenvalue weighted by molar-refractivity contribution is -0.132. The van der Waals surface area contributed by atoms with Crippen molar-refractivity contribution in [3.05, 3.63) is 30.6 Å². The molecular weight excluding hydrogens is 300 g/mol. The van der Waals surface area contributed by atoms with Gasteiger partial charge in [-0.05, 0) is 50.3 Å². The number of nitrogens with one attached hydrogen (secondary N) is 1. The number of fused-ring (bicyclic) bond motifs is 1. The first kappa shape index (κ1) is 15.6. The SMILES string of the molecule is O=C(CCn1cnc2ccccc21)N1CCC(NCC2CC2)CC1. The van der Waals surface area contributed by atoms with E-state index in [1.165, 1.54) is 19.4 Å². The molecule has 2 aromatic rings. The normalized spacial score (nSPS) is 19.1. The molecule has 0 bridgehead atoms. The van der Waals surface area contributed by atoms with Gasteiger partial charge in [0.25, 0.3) is 0 Å². The first-order chi connectivity index (χ1) is 11.8. The molecule has 2 aliphatic rings. The van der Waals surface area contributed by atoms with E-state index in [1.54, 1.807) is 0 Å². The molecule has 5 heteroatoms. The number of nitrogens with zero attached hydrogens (tertiary/aromatic N) is 3. The van der Waals surface area contributed by atoms with Gasteiger partial charge in [-0.1, -0.05) is 12.1 Å². The Morgan fingerprint density at radius 3 is 2.75 bits per heavy atom. The molecule has 1 aromatic carbocycles. The van der Waals surface area contributed by atoms with Gasteiger partial charge in [0.1, 0.15) is 0 Å². The van der Waals surface area contributed by atoms with Crippen molar-refractivity contribution in [1.29, 1.82) is 0 Å². The number of para-hydroxylation sites is 2. The number of aromatic nitrogens is 2. The van der Waals surface area contributed by atoms with Crippen LogP contribution in [0.2, 0.25) is 0 Å². The second-order valence-corrected chi connectivity index (χ2v) is 7.18. The molecule has 0 radical (unpaired) electrons. The zero-order valence-corrected chi connectivity index (χ0v) is 14.2. The third-order valence-corrected chi connectivity index (χ3v) is 5.33. The summed E-state index contributed by atoms with van der Waals surface area (Å²) in [6.45, 7) is 3.67. The number of amides is 1. The molecule has 0 atom stereocenters. The Morgan fingerprint density at radius 2 is 1.96 bits per heavy atom. The molecule has 1 amide bonds. The molecule has 2 heterocycles. The van der Waals surface area contributed by atoms with Gasteiger partial charge in [0, 0.05) is 32.1 Å². The third-order valence-electron chi connectivity index (χ3n) is 5.33. The van der Waals surface area contributed by atoms with Crippen molar-refractivity contribution in [3.8, 4) is 0 Å². The predicted molar refractivity (Wildman–Crippen MR) is 94.7 cm³/mol. The smallest absolute Gasteiger partial charge is 0.224 e. The minimum atomic E-state index is 0.272. The molecule has 1 saturated heterocycles. The number of likely N-dealkylation sites (tertiary alicyclic amines) is 1. The van der Waals surface area contributed by atoms with E-state index in [0.29, 0.717) is 19.0 Å². The van der Waals surface area contributed by atoms with E-state index in [9.17, 15) is 4.79 Å². The Bertz CT molecular complexity index is 698. The van der Waals surface area contributed by atoms with Crippen LogP contribution in [-0.2, 0) is 11.3 Å². The van der Waals surface area contributed by atoms with Crippen molar-refractivity contribution in [1.82, 2.24) is 19.8 Å². The van der Waals surface area contributed by atoms with Crippen LogP contribution in [0.3, 0.4) is 0 Å². The minimum Gasteiger partial charge on any atom is -0.343 e. The van der Waals surface area contributed by atoms with Crippen molar-refractivity contribution in [3.63, 3.8) is 0 Å². The lowest BCUT2D eigenvalue weighted by atomic mass is 10.0. The number of hydrogen-bond donors (Lipinski definition) is 1. The van der Waals surface area contributed by atoms with Gasteiger partial charge in [0.15, 0.2) is 0 Å². The van der Waals surface area contributed by atoms with Crippen molar-refractivity contribution in [2.24, 2.45) is 5.92 Å². The highest BCUT2D eigenvalue weighted by Gasteiger charge is 2.25. The number of imidazole rings is 1. The molecule has 0 spiro atoms. The highest BCUT2D eigenvalue weighted by atomic mass is 16.2. The van der Waals surface area contributed by atoms with Crippen molar-refractivity contribution in [2.45, 2.75) is 44.7 Å². The van der Waals surface area contributed by atoms with Crippen LogP contribution in [0.4, 0.5) is 0 Å². The summed E-state index contributed by atoms with van der Waals surface area (Å²) in [5, 5.41) is 3.67. The van der Waals surface area contributed by atoms with Crippen LogP contribution in [0, 0.1) is 5.92 Å². The van der Waals surface area contributed by atoms with Crippen LogP contribution < -0.4 is 5.32 Å². The van der Waals surface area contributed by atoms with E-state index in [2.05, 4.69) is 20.9 Å². The zero-order chi connectivity index (χ0) is 16.4. The molecule has 0 unspecified atom stereocenters. The molecular formula is C19H26N4O. The Hall–Kier alpha value is -1.88. The van der Waals surface area contributed by atoms with Crippen LogP contribution >= 0.6 is 0 Å². The molecule has 128 valence electrons. The van der Waals surface area contributed by atoms with Gasteiger partial charge in [-0.3, -0.25) is 4.79 Å². The highest BCUT2D eigenvalue weighted by molar-refractivity contribution is 5.77. The largest absolute Gasteiger partial charge is 0.343 e. The molecule has 1 aromatic heterocycles. The third kappa shape index (κ3) is 3.61. The fraction of sp³-hybridized carbons (Fsp3) is 0.579. The Labute approximate surface area is 143 Å². The topological polar surface area (TPSA) is 50.2 Å². The number of hydrogen-bond acceptors (Lipinski definition) is 3. The van der Waals surface area contributed by atoms with Crippen LogP contribution in [0.15, 0.2) is 30.6 Å². The van der Waals surface area contributed by atoms with Gasteiger partial charge in [-0.15, -0.1) is 0 Å². The van der Waals surface area contributed by atoms with Crippen LogP contribution in [0.5, 0.6) is 0 Å². The Kier molecular flexibility index (Phi) is 4.52. The minimum absolute atomic E-state index is 0.272. The second kappa shape index (κ2) is 6.93. The average Bonchev–Trinajstić information content (AvgIpc) is 3.37. The van der Waals surface area contributed by atoms with Crippen molar-refractivity contribution < 1.29 is 4.79 Å². The van der Waals surface area contributed by atoms with Crippen molar-refractivity contribution >= 4 is 16.9 Å². The van der Waals surface area contributed by atoms with E-state index < -0.39 is 0 Å². The van der Waals surface area contributed by atoms with Gasteiger partial charge in [0.05, 0.1) is 17.4 Å². The number of benzene rings is 1. The monoisotopic (exact) mass is 326 g/mol. The first-order valence-corrected chi connectivity index (χ1v) is 9.20. The number of carbonyl (C=O) groups excluding carboxylic acids is 1. The van der Waals surface area contributed by atoms with Crippen LogP contribution in [-0.4, -0.2) is 46.0 Å². The summed E-state index contributed by atoms with van der Waals surface area (Å²) in [5.41, 5.74) is 2.10. The van der Waals surface area contributed by atoms with Crippen LogP contribution in [0.1, 0.15) is 32.1 Å². The number of carbonyl (C=O) groups is 1. The van der Waals surface area contributed by atoms with E-state index in [-0.39, 0.29) is 5.91 Å². The molecule has 1 saturated carbocycles. The van der Waals surface area contributed by atoms with E-state index in [1.807, 2.05) is 29.4 Å². The second-order valence-electron chi connectivity index (χ2n) is 7.18. The first-order valence-electron chi connectivity index (χ1n) is 9.20. The Balaban J connectivity index is 1.24. The maximum absolute atomic E-state index is 12.5. The molecule has 1 N–H and O–H groups in total. The lowest BCUT2D eigenvalue weighted by Gasteiger charge is -2.32. The number of rotatable bonds is 6. The summed E-state index contributed by atoms with van der Waals surface area (Å²) >= 11 is 0. The van der Waals surface area contributed by atoms with E-state index >= 15 is 0 Å². The number of piperidine rings is 1. The van der Waals surface area contributed by atoms with E-state index in [4.69, 9.17) is 0 Å². The average molecular weight is 326 g/mol. The van der Waals surface area contributed by atoms with Gasteiger partial charge in [-0.25, -0.2) is 4.98 Å². The molecule has 1 aliphatic carbocycles. The molecule has 1 aliphatic heterocycles. The summed E-state index contributed by atoms with van der Waals surface area (Å²) in [7, 11) is 0. The quantitative estimate of drug-likeness (QED) is 0.887. The van der Waals surface area contributed by atoms with Gasteiger partial charge in [-0.2, -0.15) is 0 Å². The summed E-state index contributed by atoms with van der Waals surface area (Å²) < 4.78 is 2.08. The standard InChI is InChI=1S/C19H26N4O/c24-19(9-12-23-14-21-17-3-1-2-4-18(17)23)22-10-7-16(8-11-22)20-13-15-5-6-15/h1-4,14-16,20H,5-13H2. The molecule has 5 nitrogen and oxygen atoms in total. The fourth-order valence-electron chi connectivity index (χ4n) is 3.55. The van der Waals surface area contributed by atoms with Crippen LogP contribution in [0.25, 0.3) is 11.0 Å². The number of aryl methyl sites for hydroxylation is 1. The van der Waals surface area contributed by atoms with E-state index in [0.717, 1.165) is 42.9 Å². The fourth-order valence-corrected chi connectivity index (χ4v) is 3.55.